The van der Waals surface area contributed by atoms with Gasteiger partial charge in [-0.2, -0.15) is 0 Å². The predicted molar refractivity (Wildman–Crippen MR) is 79.7 cm³/mol. The van der Waals surface area contributed by atoms with Crippen molar-refractivity contribution < 1.29 is 9.90 Å². The van der Waals surface area contributed by atoms with Crippen molar-refractivity contribution in [2.45, 2.75) is 38.3 Å². The largest absolute Gasteiger partial charge is 0.396 e. The average molecular weight is 297 g/mol. The first-order valence-electron chi connectivity index (χ1n) is 7.10. The Morgan fingerprint density at radius 1 is 1.35 bits per heavy atom. The molecular formula is C15H21ClN2O2. The first-order chi connectivity index (χ1) is 9.70. The summed E-state index contributed by atoms with van der Waals surface area (Å²) in [5, 5.41) is 12.7. The molecule has 1 heterocycles. The molecule has 0 radical (unpaired) electrons. The highest BCUT2D eigenvalue weighted by atomic mass is 35.5. The number of amides is 2. The molecule has 2 N–H and O–H groups in total. The monoisotopic (exact) mass is 296 g/mol. The van der Waals surface area contributed by atoms with Gasteiger partial charge in [-0.05, 0) is 43.4 Å². The summed E-state index contributed by atoms with van der Waals surface area (Å²) >= 11 is 5.83. The number of halogens is 1. The quantitative estimate of drug-likeness (QED) is 0.898. The molecule has 1 saturated heterocycles. The van der Waals surface area contributed by atoms with Crippen molar-refractivity contribution in [2.75, 3.05) is 13.2 Å². The molecule has 1 aliphatic heterocycles. The second-order valence-corrected chi connectivity index (χ2v) is 5.58. The van der Waals surface area contributed by atoms with Crippen molar-refractivity contribution in [1.82, 2.24) is 10.2 Å². The molecule has 0 aliphatic carbocycles. The summed E-state index contributed by atoms with van der Waals surface area (Å²) in [5.74, 6) is 0. The number of benzene rings is 1. The van der Waals surface area contributed by atoms with Crippen LogP contribution in [-0.2, 0) is 6.54 Å². The van der Waals surface area contributed by atoms with Gasteiger partial charge in [0.2, 0.25) is 0 Å². The lowest BCUT2D eigenvalue weighted by atomic mass is 10.0. The molecule has 110 valence electrons. The minimum atomic E-state index is -0.0434. The van der Waals surface area contributed by atoms with E-state index in [-0.39, 0.29) is 18.7 Å². The Kier molecular flexibility index (Phi) is 5.68. The number of nitrogens with zero attached hydrogens (tertiary/aromatic N) is 1. The molecule has 1 aliphatic rings. The summed E-state index contributed by atoms with van der Waals surface area (Å²) < 4.78 is 0. The van der Waals surface area contributed by atoms with Crippen LogP contribution in [0.5, 0.6) is 0 Å². The zero-order valence-electron chi connectivity index (χ0n) is 11.5. The van der Waals surface area contributed by atoms with Gasteiger partial charge in [0, 0.05) is 30.8 Å². The van der Waals surface area contributed by atoms with Gasteiger partial charge in [-0.25, -0.2) is 4.79 Å². The molecule has 1 aromatic rings. The van der Waals surface area contributed by atoms with E-state index < -0.39 is 0 Å². The molecule has 0 bridgehead atoms. The van der Waals surface area contributed by atoms with E-state index in [1.807, 2.05) is 29.2 Å². The van der Waals surface area contributed by atoms with Crippen LogP contribution in [0.3, 0.4) is 0 Å². The topological polar surface area (TPSA) is 52.6 Å². The maximum absolute atomic E-state index is 12.2. The van der Waals surface area contributed by atoms with Gasteiger partial charge in [0.15, 0.2) is 0 Å². The Balaban J connectivity index is 1.88. The normalized spacial score (nSPS) is 18.9. The summed E-state index contributed by atoms with van der Waals surface area (Å²) in [5.41, 5.74) is 1.03. The van der Waals surface area contributed by atoms with Gasteiger partial charge < -0.3 is 15.3 Å². The van der Waals surface area contributed by atoms with Crippen molar-refractivity contribution in [2.24, 2.45) is 0 Å². The molecule has 4 nitrogen and oxygen atoms in total. The summed E-state index contributed by atoms with van der Waals surface area (Å²) in [7, 11) is 0. The van der Waals surface area contributed by atoms with Crippen molar-refractivity contribution in [1.29, 1.82) is 0 Å². The van der Waals surface area contributed by atoms with Gasteiger partial charge in [-0.3, -0.25) is 0 Å². The average Bonchev–Trinajstić information content (AvgIpc) is 2.47. The van der Waals surface area contributed by atoms with E-state index in [2.05, 4.69) is 5.32 Å². The van der Waals surface area contributed by atoms with Crippen molar-refractivity contribution in [3.63, 3.8) is 0 Å². The fraction of sp³-hybridized carbons (Fsp3) is 0.533. The fourth-order valence-electron chi connectivity index (χ4n) is 2.60. The van der Waals surface area contributed by atoms with Crippen molar-refractivity contribution in [3.8, 4) is 0 Å². The van der Waals surface area contributed by atoms with E-state index in [1.54, 1.807) is 0 Å². The fourth-order valence-corrected chi connectivity index (χ4v) is 2.72. The van der Waals surface area contributed by atoms with Crippen molar-refractivity contribution in [3.05, 3.63) is 34.9 Å². The van der Waals surface area contributed by atoms with Crippen LogP contribution in [0.15, 0.2) is 24.3 Å². The zero-order valence-corrected chi connectivity index (χ0v) is 12.3. The Hall–Kier alpha value is -1.26. The number of hydrogen-bond acceptors (Lipinski definition) is 2. The Labute approximate surface area is 124 Å². The van der Waals surface area contributed by atoms with Gasteiger partial charge in [0.05, 0.1) is 0 Å². The third-order valence-corrected chi connectivity index (χ3v) is 3.96. The van der Waals surface area contributed by atoms with Crippen LogP contribution >= 0.6 is 11.6 Å². The van der Waals surface area contributed by atoms with Crippen molar-refractivity contribution >= 4 is 17.6 Å². The van der Waals surface area contributed by atoms with E-state index in [0.717, 1.165) is 31.4 Å². The number of rotatable bonds is 4. The van der Waals surface area contributed by atoms with Crippen LogP contribution in [0, 0.1) is 0 Å². The van der Waals surface area contributed by atoms with Crippen LogP contribution in [0.2, 0.25) is 5.02 Å². The molecule has 5 heteroatoms. The number of piperidine rings is 1. The molecule has 20 heavy (non-hydrogen) atoms. The summed E-state index contributed by atoms with van der Waals surface area (Å²) in [6, 6.07) is 7.57. The van der Waals surface area contributed by atoms with Gasteiger partial charge in [-0.15, -0.1) is 0 Å². The molecule has 2 amide bonds. The lowest BCUT2D eigenvalue weighted by molar-refractivity contribution is 0.131. The molecule has 1 atom stereocenters. The third-order valence-electron chi connectivity index (χ3n) is 3.71. The highest BCUT2D eigenvalue weighted by Gasteiger charge is 2.25. The van der Waals surface area contributed by atoms with E-state index in [0.29, 0.717) is 18.0 Å². The molecule has 0 spiro atoms. The number of likely N-dealkylation sites (tertiary alicyclic amines) is 1. The zero-order chi connectivity index (χ0) is 14.4. The van der Waals surface area contributed by atoms with Crippen LogP contribution in [0.4, 0.5) is 4.79 Å². The Morgan fingerprint density at radius 2 is 2.10 bits per heavy atom. The maximum Gasteiger partial charge on any atom is 0.317 e. The number of carbonyl (C=O) groups is 1. The standard InChI is InChI=1S/C15H21ClN2O2/c16-13-6-4-12(5-7-13)11-17-15(20)18-9-2-1-3-14(18)8-10-19/h4-7,14,19H,1-3,8-11H2,(H,17,20). The predicted octanol–water partition coefficient (Wildman–Crippen LogP) is 2.79. The lowest BCUT2D eigenvalue weighted by Crippen LogP contribution is -2.48. The number of urea groups is 1. The van der Waals surface area contributed by atoms with Crippen LogP contribution in [0.1, 0.15) is 31.2 Å². The van der Waals surface area contributed by atoms with Crippen LogP contribution in [0.25, 0.3) is 0 Å². The molecule has 1 unspecified atom stereocenters. The number of hydrogen-bond donors (Lipinski definition) is 2. The summed E-state index contributed by atoms with van der Waals surface area (Å²) in [4.78, 5) is 14.1. The van der Waals surface area contributed by atoms with E-state index in [4.69, 9.17) is 16.7 Å². The molecular weight excluding hydrogens is 276 g/mol. The SMILES string of the molecule is O=C(NCc1ccc(Cl)cc1)N1CCCCC1CCO. The summed E-state index contributed by atoms with van der Waals surface area (Å²) in [6.07, 6.45) is 3.81. The van der Waals surface area contributed by atoms with Gasteiger partial charge >= 0.3 is 6.03 Å². The second-order valence-electron chi connectivity index (χ2n) is 5.14. The number of carbonyl (C=O) groups excluding carboxylic acids is 1. The highest BCUT2D eigenvalue weighted by Crippen LogP contribution is 2.19. The van der Waals surface area contributed by atoms with Gasteiger partial charge in [0.1, 0.15) is 0 Å². The van der Waals surface area contributed by atoms with E-state index in [9.17, 15) is 4.79 Å². The molecule has 1 fully saturated rings. The Bertz CT molecular complexity index is 434. The maximum atomic E-state index is 12.2. The second kappa shape index (κ2) is 7.50. The third kappa shape index (κ3) is 4.12. The van der Waals surface area contributed by atoms with Crippen LogP contribution < -0.4 is 5.32 Å². The molecule has 0 saturated carbocycles. The smallest absolute Gasteiger partial charge is 0.317 e. The molecule has 1 aromatic carbocycles. The number of aliphatic hydroxyl groups excluding tert-OH is 1. The number of aliphatic hydroxyl groups is 1. The molecule has 0 aromatic heterocycles. The highest BCUT2D eigenvalue weighted by molar-refractivity contribution is 6.30. The van der Waals surface area contributed by atoms with E-state index in [1.165, 1.54) is 0 Å². The molecule has 2 rings (SSSR count). The minimum absolute atomic E-state index is 0.0434. The minimum Gasteiger partial charge on any atom is -0.396 e. The first-order valence-corrected chi connectivity index (χ1v) is 7.48. The van der Waals surface area contributed by atoms with E-state index >= 15 is 0 Å². The Morgan fingerprint density at radius 3 is 2.80 bits per heavy atom. The summed E-state index contributed by atoms with van der Waals surface area (Å²) in [6.45, 7) is 1.40. The number of nitrogens with one attached hydrogen (secondary N) is 1. The van der Waals surface area contributed by atoms with Gasteiger partial charge in [-0.1, -0.05) is 23.7 Å². The lowest BCUT2D eigenvalue weighted by Gasteiger charge is -2.35. The van der Waals surface area contributed by atoms with Gasteiger partial charge in [0.25, 0.3) is 0 Å². The first kappa shape index (κ1) is 15.1. The van der Waals surface area contributed by atoms with Crippen LogP contribution in [-0.4, -0.2) is 35.2 Å².